The molecule has 0 aliphatic carbocycles. The summed E-state index contributed by atoms with van der Waals surface area (Å²) < 4.78 is 13.8. The average Bonchev–Trinajstić information content (AvgIpc) is 2.87. The van der Waals surface area contributed by atoms with Crippen molar-refractivity contribution in [3.63, 3.8) is 0 Å². The van der Waals surface area contributed by atoms with Gasteiger partial charge in [0.15, 0.2) is 0 Å². The van der Waals surface area contributed by atoms with Crippen molar-refractivity contribution in [2.24, 2.45) is 0 Å². The van der Waals surface area contributed by atoms with Crippen LogP contribution in [0.3, 0.4) is 0 Å². The summed E-state index contributed by atoms with van der Waals surface area (Å²) in [4.78, 5) is 2.89. The first-order chi connectivity index (χ1) is 9.65. The molecule has 0 spiro atoms. The van der Waals surface area contributed by atoms with E-state index in [-0.39, 0.29) is 10.6 Å². The van der Waals surface area contributed by atoms with Crippen molar-refractivity contribution in [1.29, 1.82) is 0 Å². The minimum absolute atomic E-state index is 0.123. The van der Waals surface area contributed by atoms with E-state index in [4.69, 9.17) is 11.6 Å². The summed E-state index contributed by atoms with van der Waals surface area (Å²) in [6, 6.07) is 7.12. The summed E-state index contributed by atoms with van der Waals surface area (Å²) in [6.45, 7) is 0. The van der Waals surface area contributed by atoms with Gasteiger partial charge in [-0.2, -0.15) is 11.8 Å². The van der Waals surface area contributed by atoms with Gasteiger partial charge in [-0.15, -0.1) is 11.3 Å². The van der Waals surface area contributed by atoms with Crippen LogP contribution < -0.4 is 0 Å². The summed E-state index contributed by atoms with van der Waals surface area (Å²) in [5.74, 6) is 2.09. The zero-order valence-electron chi connectivity index (χ0n) is 10.7. The normalized spacial score (nSPS) is 15.9. The lowest BCUT2D eigenvalue weighted by molar-refractivity contribution is 0.609. The van der Waals surface area contributed by atoms with Crippen LogP contribution in [0.5, 0.6) is 0 Å². The molecule has 0 fully saturated rings. The Bertz CT molecular complexity index is 583. The fourth-order valence-corrected chi connectivity index (χ4v) is 5.66. The van der Waals surface area contributed by atoms with E-state index in [1.165, 1.54) is 27.1 Å². The number of rotatable bonds is 3. The van der Waals surface area contributed by atoms with Gasteiger partial charge in [-0.3, -0.25) is 0 Å². The Kier molecular flexibility index (Phi) is 4.75. The van der Waals surface area contributed by atoms with Crippen molar-refractivity contribution in [2.45, 2.75) is 23.4 Å². The fraction of sp³-hybridized carbons (Fsp3) is 0.333. The Labute approximate surface area is 139 Å². The maximum Gasteiger partial charge on any atom is 0.127 e. The van der Waals surface area contributed by atoms with Crippen LogP contribution in [0.4, 0.5) is 4.39 Å². The molecule has 3 rings (SSSR count). The first kappa shape index (κ1) is 14.9. The number of alkyl halides is 1. The van der Waals surface area contributed by atoms with Crippen molar-refractivity contribution in [2.75, 3.05) is 5.75 Å². The van der Waals surface area contributed by atoms with Gasteiger partial charge < -0.3 is 0 Å². The molecule has 1 atom stereocenters. The van der Waals surface area contributed by atoms with Crippen LogP contribution in [0.25, 0.3) is 0 Å². The van der Waals surface area contributed by atoms with Gasteiger partial charge in [0.05, 0.1) is 4.83 Å². The number of halogens is 3. The second-order valence-corrected chi connectivity index (χ2v) is 8.56. The third-order valence-electron chi connectivity index (χ3n) is 3.40. The molecule has 0 amide bonds. The van der Waals surface area contributed by atoms with E-state index in [0.717, 1.165) is 12.2 Å². The first-order valence-corrected chi connectivity index (χ1v) is 9.68. The molecule has 0 radical (unpaired) electrons. The molecule has 5 heteroatoms. The minimum atomic E-state index is -0.223. The molecular formula is C15H13BrClFS2. The van der Waals surface area contributed by atoms with Crippen LogP contribution >= 0.6 is 50.6 Å². The van der Waals surface area contributed by atoms with Crippen LogP contribution in [0.1, 0.15) is 25.7 Å². The van der Waals surface area contributed by atoms with E-state index in [0.29, 0.717) is 17.0 Å². The Morgan fingerprint density at radius 1 is 1.40 bits per heavy atom. The van der Waals surface area contributed by atoms with E-state index < -0.39 is 0 Å². The Morgan fingerprint density at radius 3 is 3.00 bits per heavy atom. The van der Waals surface area contributed by atoms with Crippen molar-refractivity contribution >= 4 is 50.6 Å². The second kappa shape index (κ2) is 6.39. The monoisotopic (exact) mass is 390 g/mol. The molecule has 1 aromatic heterocycles. The van der Waals surface area contributed by atoms with Crippen molar-refractivity contribution < 1.29 is 4.39 Å². The molecule has 0 bridgehead atoms. The van der Waals surface area contributed by atoms with Crippen LogP contribution in [0.2, 0.25) is 5.02 Å². The standard InChI is InChI=1S/C15H13BrClFS2/c16-11(7-10-12(17)2-1-3-13(10)18)15-6-9-8-19-5-4-14(9)20-15/h1-3,6,11H,4-5,7-8H2. The average molecular weight is 392 g/mol. The molecule has 20 heavy (non-hydrogen) atoms. The summed E-state index contributed by atoms with van der Waals surface area (Å²) >= 11 is 13.6. The smallest absolute Gasteiger partial charge is 0.127 e. The van der Waals surface area contributed by atoms with Crippen LogP contribution in [-0.2, 0) is 18.6 Å². The molecule has 0 N–H and O–H groups in total. The highest BCUT2D eigenvalue weighted by Gasteiger charge is 2.20. The van der Waals surface area contributed by atoms with Gasteiger partial charge in [-0.25, -0.2) is 4.39 Å². The number of aryl methyl sites for hydroxylation is 1. The lowest BCUT2D eigenvalue weighted by Crippen LogP contribution is -1.97. The van der Waals surface area contributed by atoms with Crippen molar-refractivity contribution in [3.8, 4) is 0 Å². The Morgan fingerprint density at radius 2 is 2.25 bits per heavy atom. The summed E-state index contributed by atoms with van der Waals surface area (Å²) in [5.41, 5.74) is 2.04. The number of thioether (sulfide) groups is 1. The number of hydrogen-bond donors (Lipinski definition) is 0. The van der Waals surface area contributed by atoms with E-state index in [1.54, 1.807) is 12.1 Å². The third-order valence-corrected chi connectivity index (χ3v) is 7.23. The molecule has 2 heterocycles. The number of hydrogen-bond acceptors (Lipinski definition) is 2. The predicted molar refractivity (Wildman–Crippen MR) is 91.0 cm³/mol. The van der Waals surface area contributed by atoms with Gasteiger partial charge in [-0.05, 0) is 42.4 Å². The van der Waals surface area contributed by atoms with Gasteiger partial charge in [0, 0.05) is 26.1 Å². The van der Waals surface area contributed by atoms with Crippen LogP contribution in [0.15, 0.2) is 24.3 Å². The quantitative estimate of drug-likeness (QED) is 0.577. The zero-order valence-corrected chi connectivity index (χ0v) is 14.6. The maximum atomic E-state index is 13.8. The summed E-state index contributed by atoms with van der Waals surface area (Å²) in [6.07, 6.45) is 1.74. The summed E-state index contributed by atoms with van der Waals surface area (Å²) in [5, 5.41) is 0.506. The van der Waals surface area contributed by atoms with Gasteiger partial charge >= 0.3 is 0 Å². The molecule has 0 saturated carbocycles. The second-order valence-electron chi connectivity index (χ2n) is 4.77. The third kappa shape index (κ3) is 3.08. The van der Waals surface area contributed by atoms with E-state index in [1.807, 2.05) is 23.1 Å². The summed E-state index contributed by atoms with van der Waals surface area (Å²) in [7, 11) is 0. The van der Waals surface area contributed by atoms with E-state index in [9.17, 15) is 4.39 Å². The predicted octanol–water partition coefficient (Wildman–Crippen LogP) is 6.01. The zero-order chi connectivity index (χ0) is 14.1. The topological polar surface area (TPSA) is 0 Å². The van der Waals surface area contributed by atoms with Gasteiger partial charge in [-0.1, -0.05) is 33.6 Å². The Balaban J connectivity index is 1.82. The molecule has 106 valence electrons. The number of thiophene rings is 1. The van der Waals surface area contributed by atoms with Gasteiger partial charge in [0.2, 0.25) is 0 Å². The van der Waals surface area contributed by atoms with Gasteiger partial charge in [0.1, 0.15) is 5.82 Å². The molecule has 0 saturated heterocycles. The van der Waals surface area contributed by atoms with Gasteiger partial charge in [0.25, 0.3) is 0 Å². The molecule has 2 aromatic rings. The van der Waals surface area contributed by atoms with Crippen LogP contribution in [-0.4, -0.2) is 5.75 Å². The molecular weight excluding hydrogens is 379 g/mol. The molecule has 1 unspecified atom stereocenters. The van der Waals surface area contributed by atoms with E-state index in [2.05, 4.69) is 22.0 Å². The van der Waals surface area contributed by atoms with E-state index >= 15 is 0 Å². The lowest BCUT2D eigenvalue weighted by atomic mass is 10.1. The van der Waals surface area contributed by atoms with Crippen molar-refractivity contribution in [3.05, 3.63) is 56.0 Å². The largest absolute Gasteiger partial charge is 0.207 e. The lowest BCUT2D eigenvalue weighted by Gasteiger charge is -2.10. The SMILES string of the molecule is Fc1cccc(Cl)c1CC(Br)c1cc2c(s1)CCSC2. The highest BCUT2D eigenvalue weighted by Crippen LogP contribution is 2.39. The highest BCUT2D eigenvalue weighted by molar-refractivity contribution is 9.09. The van der Waals surface area contributed by atoms with Crippen molar-refractivity contribution in [1.82, 2.24) is 0 Å². The molecule has 0 nitrogen and oxygen atoms in total. The molecule has 1 aromatic carbocycles. The van der Waals surface area contributed by atoms with Crippen LogP contribution in [0, 0.1) is 5.82 Å². The fourth-order valence-electron chi connectivity index (χ4n) is 2.33. The Hall–Kier alpha value is -0.0300. The maximum absolute atomic E-state index is 13.8. The first-order valence-electron chi connectivity index (χ1n) is 6.41. The minimum Gasteiger partial charge on any atom is -0.207 e. The highest BCUT2D eigenvalue weighted by atomic mass is 79.9. The molecule has 1 aliphatic heterocycles. The number of fused-ring (bicyclic) bond motifs is 1. The number of benzene rings is 1. The molecule has 1 aliphatic rings.